The molecule has 1 amide bonds. The average Bonchev–Trinajstić information content (AvgIpc) is 2.98. The van der Waals surface area contributed by atoms with Gasteiger partial charge in [-0.25, -0.2) is 9.18 Å². The van der Waals surface area contributed by atoms with Crippen molar-refractivity contribution >= 4 is 11.9 Å². The van der Waals surface area contributed by atoms with Crippen LogP contribution in [-0.2, 0) is 22.6 Å². The lowest BCUT2D eigenvalue weighted by Gasteiger charge is -2.13. The third-order valence-electron chi connectivity index (χ3n) is 5.00. The van der Waals surface area contributed by atoms with Crippen LogP contribution in [0.2, 0.25) is 0 Å². The summed E-state index contributed by atoms with van der Waals surface area (Å²) in [4.78, 5) is 25.2. The van der Waals surface area contributed by atoms with Crippen LogP contribution in [0, 0.1) is 19.7 Å². The van der Waals surface area contributed by atoms with Crippen LogP contribution >= 0.6 is 0 Å². The van der Waals surface area contributed by atoms with E-state index in [-0.39, 0.29) is 24.9 Å². The SMILES string of the molecule is CCOC(=O)c1c(C)c(-c2ccccc2)n(CC(=O)NCc2ccc(F)cc2)c1C. The van der Waals surface area contributed by atoms with Gasteiger partial charge in [-0.15, -0.1) is 0 Å². The largest absolute Gasteiger partial charge is 0.462 e. The second kappa shape index (κ2) is 9.39. The van der Waals surface area contributed by atoms with Gasteiger partial charge in [-0.05, 0) is 49.6 Å². The first-order valence-corrected chi connectivity index (χ1v) is 9.85. The molecule has 1 aromatic heterocycles. The summed E-state index contributed by atoms with van der Waals surface area (Å²) in [6.45, 7) is 6.08. The molecule has 0 fully saturated rings. The molecule has 0 bridgehead atoms. The third-order valence-corrected chi connectivity index (χ3v) is 5.00. The number of halogens is 1. The molecule has 0 saturated heterocycles. The Morgan fingerprint density at radius 2 is 1.70 bits per heavy atom. The van der Waals surface area contributed by atoms with E-state index in [4.69, 9.17) is 4.74 Å². The maximum Gasteiger partial charge on any atom is 0.340 e. The van der Waals surface area contributed by atoms with E-state index in [1.54, 1.807) is 19.1 Å². The molecule has 3 rings (SSSR count). The summed E-state index contributed by atoms with van der Waals surface area (Å²) in [6.07, 6.45) is 0. The van der Waals surface area contributed by atoms with E-state index in [0.29, 0.717) is 17.8 Å². The van der Waals surface area contributed by atoms with E-state index < -0.39 is 5.97 Å². The number of nitrogens with one attached hydrogen (secondary N) is 1. The lowest BCUT2D eigenvalue weighted by molar-refractivity contribution is -0.121. The molecule has 156 valence electrons. The quantitative estimate of drug-likeness (QED) is 0.590. The van der Waals surface area contributed by atoms with Crippen molar-refractivity contribution in [3.05, 3.63) is 82.8 Å². The van der Waals surface area contributed by atoms with Crippen LogP contribution in [0.15, 0.2) is 54.6 Å². The molecule has 3 aromatic rings. The van der Waals surface area contributed by atoms with Crippen molar-refractivity contribution in [2.75, 3.05) is 6.61 Å². The first-order valence-electron chi connectivity index (χ1n) is 9.85. The van der Waals surface area contributed by atoms with Crippen LogP contribution in [0.5, 0.6) is 0 Å². The first-order chi connectivity index (χ1) is 14.4. The van der Waals surface area contributed by atoms with E-state index >= 15 is 0 Å². The molecule has 0 unspecified atom stereocenters. The number of rotatable bonds is 7. The van der Waals surface area contributed by atoms with E-state index in [1.807, 2.05) is 48.7 Å². The van der Waals surface area contributed by atoms with Crippen LogP contribution in [-0.4, -0.2) is 23.1 Å². The third kappa shape index (κ3) is 4.59. The second-order valence-corrected chi connectivity index (χ2v) is 7.01. The van der Waals surface area contributed by atoms with E-state index in [2.05, 4.69) is 5.32 Å². The Bertz CT molecular complexity index is 1040. The van der Waals surface area contributed by atoms with Crippen molar-refractivity contribution in [1.29, 1.82) is 0 Å². The van der Waals surface area contributed by atoms with Gasteiger partial charge in [-0.2, -0.15) is 0 Å². The molecule has 2 aromatic carbocycles. The van der Waals surface area contributed by atoms with Crippen molar-refractivity contribution in [3.8, 4) is 11.3 Å². The minimum absolute atomic E-state index is 0.0531. The zero-order valence-corrected chi connectivity index (χ0v) is 17.4. The Morgan fingerprint density at radius 3 is 2.33 bits per heavy atom. The van der Waals surface area contributed by atoms with Crippen LogP contribution in [0.4, 0.5) is 4.39 Å². The van der Waals surface area contributed by atoms with Gasteiger partial charge in [0.1, 0.15) is 12.4 Å². The molecule has 6 heteroatoms. The molecule has 0 aliphatic rings. The number of ether oxygens (including phenoxy) is 1. The van der Waals surface area contributed by atoms with Crippen molar-refractivity contribution in [3.63, 3.8) is 0 Å². The molecule has 1 N–H and O–H groups in total. The minimum Gasteiger partial charge on any atom is -0.462 e. The Balaban J connectivity index is 1.90. The Labute approximate surface area is 175 Å². The van der Waals surface area contributed by atoms with Crippen LogP contribution in [0.1, 0.15) is 34.1 Å². The summed E-state index contributed by atoms with van der Waals surface area (Å²) >= 11 is 0. The maximum absolute atomic E-state index is 13.1. The summed E-state index contributed by atoms with van der Waals surface area (Å²) in [5, 5.41) is 2.86. The summed E-state index contributed by atoms with van der Waals surface area (Å²) in [5.41, 5.74) is 4.49. The minimum atomic E-state index is -0.393. The number of benzene rings is 2. The zero-order valence-electron chi connectivity index (χ0n) is 17.4. The molecular weight excluding hydrogens is 383 g/mol. The normalized spacial score (nSPS) is 10.7. The fraction of sp³-hybridized carbons (Fsp3) is 0.250. The number of amides is 1. The highest BCUT2D eigenvalue weighted by atomic mass is 19.1. The molecule has 30 heavy (non-hydrogen) atoms. The Morgan fingerprint density at radius 1 is 1.03 bits per heavy atom. The van der Waals surface area contributed by atoms with Gasteiger partial charge in [0.25, 0.3) is 0 Å². The number of hydrogen-bond acceptors (Lipinski definition) is 3. The van der Waals surface area contributed by atoms with Crippen LogP contribution in [0.25, 0.3) is 11.3 Å². The predicted molar refractivity (Wildman–Crippen MR) is 114 cm³/mol. The zero-order chi connectivity index (χ0) is 21.7. The number of carbonyl (C=O) groups is 2. The number of aromatic nitrogens is 1. The topological polar surface area (TPSA) is 60.3 Å². The van der Waals surface area contributed by atoms with Crippen molar-refractivity contribution in [2.45, 2.75) is 33.9 Å². The van der Waals surface area contributed by atoms with Gasteiger partial charge in [0.2, 0.25) is 5.91 Å². The Kier molecular flexibility index (Phi) is 6.67. The van der Waals surface area contributed by atoms with Crippen LogP contribution in [0.3, 0.4) is 0 Å². The number of hydrogen-bond donors (Lipinski definition) is 1. The summed E-state index contributed by atoms with van der Waals surface area (Å²) in [5.74, 6) is -0.914. The van der Waals surface area contributed by atoms with Crippen molar-refractivity contribution < 1.29 is 18.7 Å². The molecule has 0 saturated carbocycles. The molecule has 0 radical (unpaired) electrons. The van der Waals surface area contributed by atoms with Gasteiger partial charge < -0.3 is 14.6 Å². The number of esters is 1. The predicted octanol–water partition coefficient (Wildman–Crippen LogP) is 4.40. The summed E-state index contributed by atoms with van der Waals surface area (Å²) in [7, 11) is 0. The maximum atomic E-state index is 13.1. The molecular formula is C24H25FN2O3. The lowest BCUT2D eigenvalue weighted by atomic mass is 10.1. The van der Waals surface area contributed by atoms with Gasteiger partial charge in [0.15, 0.2) is 0 Å². The molecule has 1 heterocycles. The fourth-order valence-corrected chi connectivity index (χ4v) is 3.57. The smallest absolute Gasteiger partial charge is 0.340 e. The van der Waals surface area contributed by atoms with Crippen molar-refractivity contribution in [2.24, 2.45) is 0 Å². The van der Waals surface area contributed by atoms with Gasteiger partial charge in [-0.3, -0.25) is 4.79 Å². The van der Waals surface area contributed by atoms with Crippen molar-refractivity contribution in [1.82, 2.24) is 9.88 Å². The van der Waals surface area contributed by atoms with E-state index in [9.17, 15) is 14.0 Å². The van der Waals surface area contributed by atoms with Crippen LogP contribution < -0.4 is 5.32 Å². The monoisotopic (exact) mass is 408 g/mol. The van der Waals surface area contributed by atoms with Gasteiger partial charge >= 0.3 is 5.97 Å². The van der Waals surface area contributed by atoms with Gasteiger partial charge in [0.05, 0.1) is 17.9 Å². The first kappa shape index (κ1) is 21.3. The lowest BCUT2D eigenvalue weighted by Crippen LogP contribution is -2.28. The van der Waals surface area contributed by atoms with Gasteiger partial charge in [0, 0.05) is 12.2 Å². The molecule has 5 nitrogen and oxygen atoms in total. The van der Waals surface area contributed by atoms with E-state index in [1.165, 1.54) is 12.1 Å². The summed E-state index contributed by atoms with van der Waals surface area (Å²) in [6, 6.07) is 15.6. The standard InChI is InChI=1S/C24H25FN2O3/c1-4-30-24(29)22-16(2)23(19-8-6-5-7-9-19)27(17(22)3)15-21(28)26-14-18-10-12-20(25)13-11-18/h5-13H,4,14-15H2,1-3H3,(H,26,28). The van der Waals surface area contributed by atoms with Gasteiger partial charge in [-0.1, -0.05) is 42.5 Å². The van der Waals surface area contributed by atoms with E-state index in [0.717, 1.165) is 22.4 Å². The molecule has 0 spiro atoms. The molecule has 0 aliphatic heterocycles. The summed E-state index contributed by atoms with van der Waals surface area (Å²) < 4.78 is 20.1. The molecule has 0 atom stereocenters. The number of carbonyl (C=O) groups excluding carboxylic acids is 2. The number of nitrogens with zero attached hydrogens (tertiary/aromatic N) is 1. The molecule has 0 aliphatic carbocycles. The highest BCUT2D eigenvalue weighted by Crippen LogP contribution is 2.31. The highest BCUT2D eigenvalue weighted by molar-refractivity contribution is 5.95. The second-order valence-electron chi connectivity index (χ2n) is 7.01. The Hall–Kier alpha value is -3.41. The fourth-order valence-electron chi connectivity index (χ4n) is 3.57. The highest BCUT2D eigenvalue weighted by Gasteiger charge is 2.25. The average molecular weight is 408 g/mol.